The van der Waals surface area contributed by atoms with Gasteiger partial charge in [0.2, 0.25) is 0 Å². The van der Waals surface area contributed by atoms with Crippen molar-refractivity contribution in [3.63, 3.8) is 0 Å². The molecule has 0 bridgehead atoms. The van der Waals surface area contributed by atoms with Gasteiger partial charge in [0, 0.05) is 5.39 Å². The normalized spacial score (nSPS) is 12.2. The first kappa shape index (κ1) is 11.2. The second kappa shape index (κ2) is 4.28. The fourth-order valence-corrected chi connectivity index (χ4v) is 1.45. The standard InChI is InChI=1S/C13H17NO2/c1-13(2,3)16-14-9-11-8-10-6-4-5-7-12(10)15-11/h4-8,14H,9H2,1-3H3. The Balaban J connectivity index is 2.00. The van der Waals surface area contributed by atoms with Crippen LogP contribution in [-0.2, 0) is 11.4 Å². The summed E-state index contributed by atoms with van der Waals surface area (Å²) in [5.74, 6) is 0.880. The van der Waals surface area contributed by atoms with Crippen molar-refractivity contribution in [1.82, 2.24) is 5.48 Å². The van der Waals surface area contributed by atoms with Gasteiger partial charge in [-0.25, -0.2) is 0 Å². The highest BCUT2D eigenvalue weighted by Gasteiger charge is 2.10. The molecule has 0 radical (unpaired) electrons. The highest BCUT2D eigenvalue weighted by Crippen LogP contribution is 2.18. The Kier molecular flexibility index (Phi) is 2.99. The lowest BCUT2D eigenvalue weighted by atomic mass is 10.2. The quantitative estimate of drug-likeness (QED) is 0.805. The van der Waals surface area contributed by atoms with Crippen LogP contribution in [0.2, 0.25) is 0 Å². The highest BCUT2D eigenvalue weighted by atomic mass is 16.7. The summed E-state index contributed by atoms with van der Waals surface area (Å²) >= 11 is 0. The van der Waals surface area contributed by atoms with Crippen molar-refractivity contribution >= 4 is 11.0 Å². The minimum atomic E-state index is -0.188. The van der Waals surface area contributed by atoms with E-state index in [1.54, 1.807) is 0 Å². The van der Waals surface area contributed by atoms with Gasteiger partial charge < -0.3 is 4.42 Å². The molecule has 1 aromatic carbocycles. The molecule has 0 atom stereocenters. The molecule has 3 nitrogen and oxygen atoms in total. The average molecular weight is 219 g/mol. The molecular weight excluding hydrogens is 202 g/mol. The third kappa shape index (κ3) is 2.84. The minimum Gasteiger partial charge on any atom is -0.460 e. The zero-order chi connectivity index (χ0) is 11.6. The van der Waals surface area contributed by atoms with Crippen LogP contribution in [-0.4, -0.2) is 5.60 Å². The van der Waals surface area contributed by atoms with Gasteiger partial charge in [0.1, 0.15) is 11.3 Å². The van der Waals surface area contributed by atoms with Gasteiger partial charge in [0.15, 0.2) is 0 Å². The molecule has 0 aliphatic heterocycles. The molecular formula is C13H17NO2. The van der Waals surface area contributed by atoms with E-state index in [-0.39, 0.29) is 5.60 Å². The molecule has 2 rings (SSSR count). The summed E-state index contributed by atoms with van der Waals surface area (Å²) in [5, 5.41) is 1.12. The summed E-state index contributed by atoms with van der Waals surface area (Å²) in [6.45, 7) is 6.57. The van der Waals surface area contributed by atoms with Gasteiger partial charge in [0.05, 0.1) is 12.1 Å². The number of hydroxylamine groups is 1. The first-order valence-corrected chi connectivity index (χ1v) is 5.43. The van der Waals surface area contributed by atoms with Gasteiger partial charge in [0.25, 0.3) is 0 Å². The number of hydrogen-bond donors (Lipinski definition) is 1. The first-order chi connectivity index (χ1) is 7.54. The van der Waals surface area contributed by atoms with E-state index in [9.17, 15) is 0 Å². The Bertz CT molecular complexity index is 435. The van der Waals surface area contributed by atoms with Crippen molar-refractivity contribution in [3.05, 3.63) is 36.1 Å². The first-order valence-electron chi connectivity index (χ1n) is 5.43. The number of fused-ring (bicyclic) bond motifs is 1. The summed E-state index contributed by atoms with van der Waals surface area (Å²) in [6, 6.07) is 9.99. The largest absolute Gasteiger partial charge is 0.460 e. The van der Waals surface area contributed by atoms with Crippen molar-refractivity contribution in [3.8, 4) is 0 Å². The number of hydrogen-bond acceptors (Lipinski definition) is 3. The third-order valence-electron chi connectivity index (χ3n) is 2.10. The molecule has 0 aliphatic rings. The summed E-state index contributed by atoms with van der Waals surface area (Å²) in [6.07, 6.45) is 0. The second-order valence-electron chi connectivity index (χ2n) is 4.79. The summed E-state index contributed by atoms with van der Waals surface area (Å²) in [4.78, 5) is 5.42. The SMILES string of the molecule is CC(C)(C)ONCc1cc2ccccc2o1. The maximum atomic E-state index is 5.64. The molecule has 0 fully saturated rings. The van der Waals surface area contributed by atoms with E-state index < -0.39 is 0 Å². The van der Waals surface area contributed by atoms with Crippen molar-refractivity contribution < 1.29 is 9.25 Å². The Labute approximate surface area is 95.3 Å². The monoisotopic (exact) mass is 219 g/mol. The second-order valence-corrected chi connectivity index (χ2v) is 4.79. The summed E-state index contributed by atoms with van der Waals surface area (Å²) < 4.78 is 5.64. The van der Waals surface area contributed by atoms with Gasteiger partial charge in [-0.1, -0.05) is 18.2 Å². The lowest BCUT2D eigenvalue weighted by Gasteiger charge is -2.18. The van der Waals surface area contributed by atoms with E-state index >= 15 is 0 Å². The molecule has 1 heterocycles. The van der Waals surface area contributed by atoms with Crippen molar-refractivity contribution in [2.75, 3.05) is 0 Å². The molecule has 86 valence electrons. The fourth-order valence-electron chi connectivity index (χ4n) is 1.45. The van der Waals surface area contributed by atoms with E-state index in [1.807, 2.05) is 51.1 Å². The summed E-state index contributed by atoms with van der Waals surface area (Å²) in [7, 11) is 0. The topological polar surface area (TPSA) is 34.4 Å². The van der Waals surface area contributed by atoms with Crippen molar-refractivity contribution in [2.45, 2.75) is 32.9 Å². The molecule has 0 saturated heterocycles. The van der Waals surface area contributed by atoms with E-state index in [0.29, 0.717) is 6.54 Å². The molecule has 3 heteroatoms. The molecule has 1 aromatic heterocycles. The number of rotatable bonds is 3. The summed E-state index contributed by atoms with van der Waals surface area (Å²) in [5.41, 5.74) is 3.63. The minimum absolute atomic E-state index is 0.188. The molecule has 2 aromatic rings. The highest BCUT2D eigenvalue weighted by molar-refractivity contribution is 5.77. The maximum Gasteiger partial charge on any atom is 0.134 e. The molecule has 0 saturated carbocycles. The van der Waals surface area contributed by atoms with E-state index in [1.165, 1.54) is 0 Å². The van der Waals surface area contributed by atoms with Crippen LogP contribution in [0.1, 0.15) is 26.5 Å². The zero-order valence-corrected chi connectivity index (χ0v) is 9.91. The van der Waals surface area contributed by atoms with E-state index in [0.717, 1.165) is 16.7 Å². The van der Waals surface area contributed by atoms with Crippen LogP contribution >= 0.6 is 0 Å². The van der Waals surface area contributed by atoms with Gasteiger partial charge in [-0.05, 0) is 32.9 Å². The lowest BCUT2D eigenvalue weighted by molar-refractivity contribution is -0.0774. The third-order valence-corrected chi connectivity index (χ3v) is 2.10. The van der Waals surface area contributed by atoms with Crippen molar-refractivity contribution in [2.24, 2.45) is 0 Å². The number of nitrogens with one attached hydrogen (secondary N) is 1. The predicted molar refractivity (Wildman–Crippen MR) is 63.9 cm³/mol. The molecule has 16 heavy (non-hydrogen) atoms. The van der Waals surface area contributed by atoms with Gasteiger partial charge >= 0.3 is 0 Å². The zero-order valence-electron chi connectivity index (χ0n) is 9.91. The van der Waals surface area contributed by atoms with Crippen LogP contribution in [0, 0.1) is 0 Å². The average Bonchev–Trinajstić information content (AvgIpc) is 2.57. The van der Waals surface area contributed by atoms with Crippen LogP contribution in [0.3, 0.4) is 0 Å². The molecule has 0 aliphatic carbocycles. The molecule has 0 amide bonds. The van der Waals surface area contributed by atoms with Gasteiger partial charge in [-0.3, -0.25) is 4.84 Å². The van der Waals surface area contributed by atoms with Crippen molar-refractivity contribution in [1.29, 1.82) is 0 Å². The predicted octanol–water partition coefficient (Wildman–Crippen LogP) is 3.25. The number of furan rings is 1. The van der Waals surface area contributed by atoms with E-state index in [4.69, 9.17) is 9.25 Å². The fraction of sp³-hybridized carbons (Fsp3) is 0.385. The van der Waals surface area contributed by atoms with Crippen LogP contribution < -0.4 is 5.48 Å². The van der Waals surface area contributed by atoms with Crippen LogP contribution in [0.25, 0.3) is 11.0 Å². The maximum absolute atomic E-state index is 5.64. The van der Waals surface area contributed by atoms with Gasteiger partial charge in [-0.2, -0.15) is 5.48 Å². The number of benzene rings is 1. The molecule has 0 spiro atoms. The Morgan fingerprint density at radius 1 is 1.25 bits per heavy atom. The van der Waals surface area contributed by atoms with Crippen LogP contribution in [0.4, 0.5) is 0 Å². The van der Waals surface area contributed by atoms with Crippen LogP contribution in [0.5, 0.6) is 0 Å². The molecule has 0 unspecified atom stereocenters. The Morgan fingerprint density at radius 2 is 2.00 bits per heavy atom. The van der Waals surface area contributed by atoms with E-state index in [2.05, 4.69) is 5.48 Å². The Hall–Kier alpha value is -1.32. The molecule has 1 N–H and O–H groups in total. The lowest BCUT2D eigenvalue weighted by Crippen LogP contribution is -2.28. The number of para-hydroxylation sites is 1. The van der Waals surface area contributed by atoms with Gasteiger partial charge in [-0.15, -0.1) is 0 Å². The van der Waals surface area contributed by atoms with Crippen LogP contribution in [0.15, 0.2) is 34.7 Å². The Morgan fingerprint density at radius 3 is 2.69 bits per heavy atom. The smallest absolute Gasteiger partial charge is 0.134 e.